The maximum Gasteiger partial charge on any atom is 0.101 e. The Labute approximate surface area is 140 Å². The summed E-state index contributed by atoms with van der Waals surface area (Å²) < 4.78 is 0. The highest BCUT2D eigenvalue weighted by molar-refractivity contribution is 4.83. The monoisotopic (exact) mass is 314 g/mol. The van der Waals surface area contributed by atoms with Crippen molar-refractivity contribution in [2.24, 2.45) is 10.8 Å². The molecule has 0 radical (unpaired) electrons. The van der Waals surface area contributed by atoms with Gasteiger partial charge in [0.25, 0.3) is 0 Å². The molecule has 0 amide bonds. The van der Waals surface area contributed by atoms with Crippen LogP contribution in [0.4, 0.5) is 0 Å². The summed E-state index contributed by atoms with van der Waals surface area (Å²) in [4.78, 5) is 12.2. The smallest absolute Gasteiger partial charge is 0.101 e. The van der Waals surface area contributed by atoms with E-state index in [9.17, 15) is 0 Å². The molecule has 0 heterocycles. The van der Waals surface area contributed by atoms with E-state index in [1.807, 2.05) is 0 Å². The molecule has 2 unspecified atom stereocenters. The Morgan fingerprint density at radius 2 is 0.818 bits per heavy atom. The van der Waals surface area contributed by atoms with E-state index < -0.39 is 0 Å². The summed E-state index contributed by atoms with van der Waals surface area (Å²) in [6, 6.07) is 0. The van der Waals surface area contributed by atoms with Gasteiger partial charge in [-0.05, 0) is 50.4 Å². The van der Waals surface area contributed by atoms with E-state index >= 15 is 0 Å². The van der Waals surface area contributed by atoms with Gasteiger partial charge < -0.3 is 0 Å². The summed E-state index contributed by atoms with van der Waals surface area (Å²) >= 11 is 0. The molecular formula is C20H42O2. The first-order valence-corrected chi connectivity index (χ1v) is 9.11. The number of hydrogen-bond donors (Lipinski definition) is 0. The maximum absolute atomic E-state index is 6.11. The van der Waals surface area contributed by atoms with Gasteiger partial charge in [-0.3, -0.25) is 0 Å². The van der Waals surface area contributed by atoms with Crippen molar-refractivity contribution < 1.29 is 9.78 Å². The predicted octanol–water partition coefficient (Wildman–Crippen LogP) is 6.92. The summed E-state index contributed by atoms with van der Waals surface area (Å²) in [6.07, 6.45) is 6.29. The molecule has 0 aromatic carbocycles. The first-order valence-electron chi connectivity index (χ1n) is 9.11. The van der Waals surface area contributed by atoms with Gasteiger partial charge in [0, 0.05) is 0 Å². The van der Waals surface area contributed by atoms with Crippen molar-refractivity contribution in [3.05, 3.63) is 0 Å². The third kappa shape index (κ3) is 9.84. The predicted molar refractivity (Wildman–Crippen MR) is 96.9 cm³/mol. The maximum atomic E-state index is 6.11. The Morgan fingerprint density at radius 1 is 0.545 bits per heavy atom. The van der Waals surface area contributed by atoms with Crippen molar-refractivity contribution in [3.63, 3.8) is 0 Å². The molecule has 0 bridgehead atoms. The molecule has 0 aliphatic rings. The zero-order chi connectivity index (χ0) is 17.7. The van der Waals surface area contributed by atoms with Gasteiger partial charge in [0.2, 0.25) is 0 Å². The van der Waals surface area contributed by atoms with Gasteiger partial charge in [0.05, 0.1) is 0 Å². The Hall–Kier alpha value is -0.0800. The Morgan fingerprint density at radius 3 is 1.00 bits per heavy atom. The molecule has 0 saturated carbocycles. The molecule has 2 nitrogen and oxygen atoms in total. The standard InChI is InChI=1S/C20H42O2/c1-11-13-19(9,15-17(3,4)5)21-22-20(10,14-12-2)16-18(6,7)8/h11-16H2,1-10H3. The summed E-state index contributed by atoms with van der Waals surface area (Å²) in [7, 11) is 0. The lowest BCUT2D eigenvalue weighted by Gasteiger charge is -2.40. The van der Waals surface area contributed by atoms with Crippen molar-refractivity contribution >= 4 is 0 Å². The van der Waals surface area contributed by atoms with Crippen molar-refractivity contribution in [3.8, 4) is 0 Å². The molecule has 2 atom stereocenters. The highest BCUT2D eigenvalue weighted by Crippen LogP contribution is 2.38. The summed E-state index contributed by atoms with van der Waals surface area (Å²) in [5.74, 6) is 0. The Bertz CT molecular complexity index is 279. The quantitative estimate of drug-likeness (QED) is 0.339. The lowest BCUT2D eigenvalue weighted by molar-refractivity contribution is -0.417. The van der Waals surface area contributed by atoms with Crippen LogP contribution in [0, 0.1) is 10.8 Å². The topological polar surface area (TPSA) is 18.5 Å². The largest absolute Gasteiger partial charge is 0.230 e. The van der Waals surface area contributed by atoms with Crippen molar-refractivity contribution in [1.82, 2.24) is 0 Å². The van der Waals surface area contributed by atoms with Crippen LogP contribution in [0.25, 0.3) is 0 Å². The molecule has 0 aliphatic carbocycles. The van der Waals surface area contributed by atoms with E-state index in [1.165, 1.54) is 0 Å². The molecule has 0 aromatic heterocycles. The fourth-order valence-corrected chi connectivity index (χ4v) is 3.82. The van der Waals surface area contributed by atoms with Crippen LogP contribution in [0.1, 0.15) is 108 Å². The van der Waals surface area contributed by atoms with E-state index in [-0.39, 0.29) is 22.0 Å². The van der Waals surface area contributed by atoms with Crippen LogP contribution in [-0.2, 0) is 9.78 Å². The molecule has 0 aromatic rings. The Balaban J connectivity index is 4.97. The zero-order valence-corrected chi connectivity index (χ0v) is 17.1. The van der Waals surface area contributed by atoms with Crippen LogP contribution in [-0.4, -0.2) is 11.2 Å². The van der Waals surface area contributed by atoms with E-state index in [0.717, 1.165) is 38.5 Å². The van der Waals surface area contributed by atoms with Crippen LogP contribution in [0.5, 0.6) is 0 Å². The molecule has 0 spiro atoms. The second-order valence-corrected chi connectivity index (χ2v) is 10.0. The van der Waals surface area contributed by atoms with Gasteiger partial charge in [0.1, 0.15) is 11.2 Å². The van der Waals surface area contributed by atoms with Crippen LogP contribution in [0.2, 0.25) is 0 Å². The van der Waals surface area contributed by atoms with E-state index in [4.69, 9.17) is 9.78 Å². The fraction of sp³-hybridized carbons (Fsp3) is 1.00. The Kier molecular flexibility index (Phi) is 8.12. The fourth-order valence-electron chi connectivity index (χ4n) is 3.82. The second kappa shape index (κ2) is 8.15. The van der Waals surface area contributed by atoms with E-state index in [2.05, 4.69) is 69.2 Å². The van der Waals surface area contributed by atoms with Crippen molar-refractivity contribution in [2.75, 3.05) is 0 Å². The number of rotatable bonds is 9. The van der Waals surface area contributed by atoms with Gasteiger partial charge in [-0.1, -0.05) is 68.2 Å². The minimum absolute atomic E-state index is 0.208. The molecule has 22 heavy (non-hydrogen) atoms. The molecule has 0 aliphatic heterocycles. The van der Waals surface area contributed by atoms with Crippen molar-refractivity contribution in [1.29, 1.82) is 0 Å². The lowest BCUT2D eigenvalue weighted by atomic mass is 9.80. The van der Waals surface area contributed by atoms with Crippen LogP contribution in [0.15, 0.2) is 0 Å². The van der Waals surface area contributed by atoms with Gasteiger partial charge >= 0.3 is 0 Å². The van der Waals surface area contributed by atoms with Gasteiger partial charge in [-0.25, -0.2) is 9.78 Å². The second-order valence-electron chi connectivity index (χ2n) is 10.0. The molecule has 0 fully saturated rings. The average Bonchev–Trinajstić information content (AvgIpc) is 2.22. The third-order valence-electron chi connectivity index (χ3n) is 3.81. The summed E-state index contributed by atoms with van der Waals surface area (Å²) in [5, 5.41) is 0. The summed E-state index contributed by atoms with van der Waals surface area (Å²) in [5.41, 5.74) is 0.0523. The van der Waals surface area contributed by atoms with E-state index in [1.54, 1.807) is 0 Å². The first-order chi connectivity index (χ1) is 9.74. The highest BCUT2D eigenvalue weighted by Gasteiger charge is 2.37. The molecule has 0 saturated heterocycles. The lowest BCUT2D eigenvalue weighted by Crippen LogP contribution is -2.40. The van der Waals surface area contributed by atoms with Crippen LogP contribution < -0.4 is 0 Å². The van der Waals surface area contributed by atoms with E-state index in [0.29, 0.717) is 0 Å². The normalized spacial score (nSPS) is 18.8. The molecular weight excluding hydrogens is 272 g/mol. The zero-order valence-electron chi connectivity index (χ0n) is 17.1. The SMILES string of the molecule is CCCC(C)(CC(C)(C)C)OOC(C)(CCC)CC(C)(C)C. The minimum atomic E-state index is -0.208. The van der Waals surface area contributed by atoms with Crippen LogP contribution in [0.3, 0.4) is 0 Å². The first kappa shape index (κ1) is 21.9. The van der Waals surface area contributed by atoms with Gasteiger partial charge in [0.15, 0.2) is 0 Å². The third-order valence-corrected chi connectivity index (χ3v) is 3.81. The minimum Gasteiger partial charge on any atom is -0.230 e. The van der Waals surface area contributed by atoms with Crippen LogP contribution >= 0.6 is 0 Å². The molecule has 0 N–H and O–H groups in total. The van der Waals surface area contributed by atoms with Crippen molar-refractivity contribution in [2.45, 2.75) is 119 Å². The average molecular weight is 315 g/mol. The summed E-state index contributed by atoms with van der Waals surface area (Å²) in [6.45, 7) is 22.4. The number of hydrogen-bond acceptors (Lipinski definition) is 2. The molecule has 2 heteroatoms. The van der Waals surface area contributed by atoms with Gasteiger partial charge in [-0.2, -0.15) is 0 Å². The molecule has 134 valence electrons. The molecule has 0 rings (SSSR count). The van der Waals surface area contributed by atoms with Gasteiger partial charge in [-0.15, -0.1) is 0 Å². The highest BCUT2D eigenvalue weighted by atomic mass is 17.2.